The van der Waals surface area contributed by atoms with Crippen LogP contribution in [0.2, 0.25) is 0 Å². The number of rotatable bonds is 3. The van der Waals surface area contributed by atoms with E-state index in [0.717, 1.165) is 5.56 Å². The third-order valence-electron chi connectivity index (χ3n) is 1.44. The largest absolute Gasteiger partial charge is 0.462 e. The number of ether oxygens (including phenoxy) is 1. The average molecular weight is 307 g/mol. The van der Waals surface area contributed by atoms with Gasteiger partial charge in [0, 0.05) is 39.6 Å². The van der Waals surface area contributed by atoms with Crippen molar-refractivity contribution < 1.29 is 42.2 Å². The Morgan fingerprint density at radius 3 is 2.41 bits per heavy atom. The first-order chi connectivity index (χ1) is 7.70. The van der Waals surface area contributed by atoms with Gasteiger partial charge in [-0.3, -0.25) is 4.79 Å². The quantitative estimate of drug-likeness (QED) is 0.633. The average Bonchev–Trinajstić information content (AvgIpc) is 2.27. The molecule has 0 saturated carbocycles. The fourth-order valence-corrected chi connectivity index (χ4v) is 0.861. The van der Waals surface area contributed by atoms with Crippen molar-refractivity contribution in [3.8, 4) is 0 Å². The standard InChI is InChI=1S/C11H11O2.C3H7.Y/c1-10(12)13-9-5-8-11-6-3-2-4-7-11;1-3-2;/h3-8H,9H2,1H3;3H,1-2H3;/q2*-1;/b8-5+;;. The smallest absolute Gasteiger partial charge is 0.302 e. The third-order valence-corrected chi connectivity index (χ3v) is 1.44. The molecule has 0 heterocycles. The van der Waals surface area contributed by atoms with E-state index in [0.29, 0.717) is 6.61 Å². The maximum Gasteiger partial charge on any atom is 0.302 e. The molecule has 17 heavy (non-hydrogen) atoms. The minimum absolute atomic E-state index is 0. The molecule has 0 amide bonds. The first kappa shape index (κ1) is 18.9. The van der Waals surface area contributed by atoms with Crippen LogP contribution in [0.3, 0.4) is 0 Å². The zero-order chi connectivity index (χ0) is 12.2. The van der Waals surface area contributed by atoms with Gasteiger partial charge in [-0.1, -0.05) is 6.08 Å². The Kier molecular flexibility index (Phi) is 15.1. The van der Waals surface area contributed by atoms with E-state index >= 15 is 0 Å². The Morgan fingerprint density at radius 2 is 1.94 bits per heavy atom. The number of carbonyl (C=O) groups is 1. The van der Waals surface area contributed by atoms with Crippen LogP contribution in [0.5, 0.6) is 0 Å². The van der Waals surface area contributed by atoms with Crippen LogP contribution in [-0.4, -0.2) is 12.6 Å². The van der Waals surface area contributed by atoms with Crippen LogP contribution >= 0.6 is 0 Å². The van der Waals surface area contributed by atoms with Gasteiger partial charge in [0.15, 0.2) is 0 Å². The second-order valence-corrected chi connectivity index (χ2v) is 3.12. The first-order valence-electron chi connectivity index (χ1n) is 5.20. The van der Waals surface area contributed by atoms with E-state index in [-0.39, 0.29) is 38.7 Å². The third kappa shape index (κ3) is 13.5. The molecule has 3 heteroatoms. The molecule has 0 atom stereocenters. The zero-order valence-electron chi connectivity index (χ0n) is 10.6. The van der Waals surface area contributed by atoms with Crippen LogP contribution in [0.15, 0.2) is 30.3 Å². The van der Waals surface area contributed by atoms with E-state index in [1.54, 1.807) is 6.08 Å². The van der Waals surface area contributed by atoms with E-state index < -0.39 is 0 Å². The Hall–Kier alpha value is -0.466. The summed E-state index contributed by atoms with van der Waals surface area (Å²) in [5.74, 6) is -0.258. The Morgan fingerprint density at radius 1 is 1.41 bits per heavy atom. The summed E-state index contributed by atoms with van der Waals surface area (Å²) in [6, 6.07) is 10.5. The molecule has 1 radical (unpaired) electrons. The summed E-state index contributed by atoms with van der Waals surface area (Å²) in [6.45, 7) is 5.72. The molecule has 2 nitrogen and oxygen atoms in total. The van der Waals surface area contributed by atoms with Crippen molar-refractivity contribution in [1.82, 2.24) is 0 Å². The van der Waals surface area contributed by atoms with Crippen molar-refractivity contribution in [3.05, 3.63) is 48.4 Å². The Balaban J connectivity index is 0. The SMILES string of the molecule is CC(=O)OC/C=C/c1cc[c-]cc1.C[CH-]C.[Y]. The number of carbonyl (C=O) groups excluding carboxylic acids is 1. The predicted molar refractivity (Wildman–Crippen MR) is 66.6 cm³/mol. The van der Waals surface area contributed by atoms with Crippen LogP contribution in [0.4, 0.5) is 0 Å². The van der Waals surface area contributed by atoms with E-state index in [2.05, 4.69) is 6.07 Å². The van der Waals surface area contributed by atoms with Gasteiger partial charge in [0.25, 0.3) is 0 Å². The van der Waals surface area contributed by atoms with Crippen LogP contribution in [-0.2, 0) is 42.2 Å². The number of esters is 1. The Labute approximate surface area is 129 Å². The maximum atomic E-state index is 10.4. The zero-order valence-corrected chi connectivity index (χ0v) is 13.5. The van der Waals surface area contributed by atoms with Crippen LogP contribution in [0, 0.1) is 12.5 Å². The molecule has 0 aliphatic rings. The fraction of sp³-hybridized carbons (Fsp3) is 0.286. The van der Waals surface area contributed by atoms with Gasteiger partial charge >= 0.3 is 5.97 Å². The molecule has 0 fully saturated rings. The van der Waals surface area contributed by atoms with Crippen molar-refractivity contribution in [1.29, 1.82) is 0 Å². The van der Waals surface area contributed by atoms with Crippen molar-refractivity contribution in [2.45, 2.75) is 20.8 Å². The topological polar surface area (TPSA) is 26.3 Å². The minimum atomic E-state index is -0.258. The van der Waals surface area contributed by atoms with Crippen molar-refractivity contribution >= 4 is 12.0 Å². The molecule has 0 spiro atoms. The van der Waals surface area contributed by atoms with Crippen LogP contribution in [0.1, 0.15) is 26.3 Å². The molecule has 1 aromatic rings. The molecular formula is C14H18O2Y-2. The normalized spacial score (nSPS) is 8.88. The summed E-state index contributed by atoms with van der Waals surface area (Å²) in [6.07, 6.45) is 5.70. The van der Waals surface area contributed by atoms with Crippen molar-refractivity contribution in [2.24, 2.45) is 0 Å². The first-order valence-corrected chi connectivity index (χ1v) is 5.20. The molecule has 0 unspecified atom stereocenters. The van der Waals surface area contributed by atoms with E-state index in [1.807, 2.05) is 50.6 Å². The number of benzene rings is 1. The molecule has 91 valence electrons. The van der Waals surface area contributed by atoms with Crippen molar-refractivity contribution in [2.75, 3.05) is 6.61 Å². The maximum absolute atomic E-state index is 10.4. The molecule has 0 aliphatic heterocycles. The molecular weight excluding hydrogens is 289 g/mol. The van der Waals surface area contributed by atoms with Crippen molar-refractivity contribution in [3.63, 3.8) is 0 Å². The minimum Gasteiger partial charge on any atom is -0.462 e. The molecule has 0 aliphatic carbocycles. The monoisotopic (exact) mass is 307 g/mol. The predicted octanol–water partition coefficient (Wildman–Crippen LogP) is 3.29. The second kappa shape index (κ2) is 13.6. The summed E-state index contributed by atoms with van der Waals surface area (Å²) < 4.78 is 4.73. The van der Waals surface area contributed by atoms with E-state index in [1.165, 1.54) is 6.92 Å². The molecule has 1 rings (SSSR count). The summed E-state index contributed by atoms with van der Waals surface area (Å²) in [5, 5.41) is 0. The van der Waals surface area contributed by atoms with Gasteiger partial charge in [0.05, 0.1) is 0 Å². The molecule has 1 aromatic carbocycles. The fourth-order valence-electron chi connectivity index (χ4n) is 0.861. The van der Waals surface area contributed by atoms with Crippen LogP contribution < -0.4 is 0 Å². The van der Waals surface area contributed by atoms with Gasteiger partial charge < -0.3 is 11.2 Å². The van der Waals surface area contributed by atoms with Gasteiger partial charge in [-0.15, -0.1) is 5.56 Å². The summed E-state index contributed by atoms with van der Waals surface area (Å²) in [4.78, 5) is 10.4. The van der Waals surface area contributed by atoms with E-state index in [9.17, 15) is 4.79 Å². The summed E-state index contributed by atoms with van der Waals surface area (Å²) in [5.41, 5.74) is 1.07. The summed E-state index contributed by atoms with van der Waals surface area (Å²) >= 11 is 0. The number of hydrogen-bond acceptors (Lipinski definition) is 2. The van der Waals surface area contributed by atoms with Gasteiger partial charge in [0.2, 0.25) is 0 Å². The molecule has 0 saturated heterocycles. The number of hydrogen-bond donors (Lipinski definition) is 0. The van der Waals surface area contributed by atoms with Gasteiger partial charge in [0.1, 0.15) is 6.61 Å². The van der Waals surface area contributed by atoms with Gasteiger partial charge in [-0.25, -0.2) is 0 Å². The molecule has 0 aromatic heterocycles. The molecule has 0 bridgehead atoms. The Bertz CT molecular complexity index is 307. The van der Waals surface area contributed by atoms with Crippen LogP contribution in [0.25, 0.3) is 6.08 Å². The molecule has 0 N–H and O–H groups in total. The van der Waals surface area contributed by atoms with E-state index in [4.69, 9.17) is 4.74 Å². The summed E-state index contributed by atoms with van der Waals surface area (Å²) in [7, 11) is 0. The van der Waals surface area contributed by atoms with Gasteiger partial charge in [-0.05, 0) is 6.08 Å². The second-order valence-electron chi connectivity index (χ2n) is 3.12. The van der Waals surface area contributed by atoms with Gasteiger partial charge in [-0.2, -0.15) is 44.2 Å².